The summed E-state index contributed by atoms with van der Waals surface area (Å²) in [4.78, 5) is 0. The van der Waals surface area contributed by atoms with Crippen LogP contribution in [-0.4, -0.2) is 16.4 Å². The number of nitrogens with two attached hydrogens (primary N) is 1. The summed E-state index contributed by atoms with van der Waals surface area (Å²) in [6.07, 6.45) is -3.14. The second-order valence-electron chi connectivity index (χ2n) is 4.12. The number of halogens is 3. The van der Waals surface area contributed by atoms with Crippen LogP contribution in [0.2, 0.25) is 0 Å². The van der Waals surface area contributed by atoms with E-state index in [9.17, 15) is 13.2 Å². The zero-order valence-corrected chi connectivity index (χ0v) is 10.6. The van der Waals surface area contributed by atoms with Crippen LogP contribution in [0, 0.1) is 0 Å². The van der Waals surface area contributed by atoms with Crippen molar-refractivity contribution in [1.82, 2.24) is 9.78 Å². The van der Waals surface area contributed by atoms with Gasteiger partial charge in [-0.3, -0.25) is 4.68 Å². The Hall–Kier alpha value is -2.02. The molecule has 0 amide bonds. The van der Waals surface area contributed by atoms with Crippen LogP contribution in [0.25, 0.3) is 0 Å². The fraction of sp³-hybridized carbons (Fsp3) is 0.308. The Kier molecular flexibility index (Phi) is 4.29. The first-order chi connectivity index (χ1) is 9.50. The molecule has 0 aliphatic carbocycles. The van der Waals surface area contributed by atoms with Crippen molar-refractivity contribution in [3.05, 3.63) is 47.8 Å². The minimum Gasteiger partial charge on any atom is -0.491 e. The average Bonchev–Trinajstić information content (AvgIpc) is 2.88. The van der Waals surface area contributed by atoms with Crippen molar-refractivity contribution in [3.8, 4) is 5.75 Å². The van der Waals surface area contributed by atoms with Gasteiger partial charge in [-0.1, -0.05) is 18.2 Å². The Morgan fingerprint density at radius 3 is 2.60 bits per heavy atom. The molecule has 0 aliphatic heterocycles. The van der Waals surface area contributed by atoms with Crippen LogP contribution in [0.4, 0.5) is 13.2 Å². The molecule has 108 valence electrons. The lowest BCUT2D eigenvalue weighted by Gasteiger charge is -2.10. The van der Waals surface area contributed by atoms with Gasteiger partial charge in [-0.25, -0.2) is 0 Å². The molecule has 2 rings (SSSR count). The lowest BCUT2D eigenvalue weighted by atomic mass is 10.2. The number of aromatic nitrogens is 2. The van der Waals surface area contributed by atoms with Crippen molar-refractivity contribution >= 4 is 0 Å². The average molecular weight is 285 g/mol. The smallest absolute Gasteiger partial charge is 0.435 e. The maximum absolute atomic E-state index is 12.4. The van der Waals surface area contributed by atoms with E-state index >= 15 is 0 Å². The van der Waals surface area contributed by atoms with Crippen molar-refractivity contribution in [2.45, 2.75) is 19.3 Å². The molecule has 0 atom stereocenters. The summed E-state index contributed by atoms with van der Waals surface area (Å²) in [7, 11) is 0. The molecule has 4 nitrogen and oxygen atoms in total. The molecule has 0 fully saturated rings. The maximum atomic E-state index is 12.4. The zero-order chi connectivity index (χ0) is 14.6. The van der Waals surface area contributed by atoms with E-state index in [-0.39, 0.29) is 13.2 Å². The quantitative estimate of drug-likeness (QED) is 0.918. The first-order valence-corrected chi connectivity index (χ1v) is 6.02. The van der Waals surface area contributed by atoms with Crippen molar-refractivity contribution in [3.63, 3.8) is 0 Å². The van der Waals surface area contributed by atoms with Crippen LogP contribution in [-0.2, 0) is 19.3 Å². The first-order valence-electron chi connectivity index (χ1n) is 6.02. The third-order valence-electron chi connectivity index (χ3n) is 2.70. The summed E-state index contributed by atoms with van der Waals surface area (Å²) in [5.41, 5.74) is 5.51. The van der Waals surface area contributed by atoms with E-state index in [1.165, 1.54) is 10.9 Å². The lowest BCUT2D eigenvalue weighted by molar-refractivity contribution is -0.141. The van der Waals surface area contributed by atoms with Crippen LogP contribution < -0.4 is 10.5 Å². The van der Waals surface area contributed by atoms with E-state index in [2.05, 4.69) is 5.10 Å². The van der Waals surface area contributed by atoms with Gasteiger partial charge >= 0.3 is 6.18 Å². The maximum Gasteiger partial charge on any atom is 0.435 e. The Morgan fingerprint density at radius 2 is 1.95 bits per heavy atom. The van der Waals surface area contributed by atoms with Crippen LogP contribution in [0.3, 0.4) is 0 Å². The van der Waals surface area contributed by atoms with Crippen LogP contribution in [0.15, 0.2) is 36.5 Å². The second-order valence-corrected chi connectivity index (χ2v) is 4.12. The summed E-state index contributed by atoms with van der Waals surface area (Å²) >= 11 is 0. The Morgan fingerprint density at radius 1 is 1.20 bits per heavy atom. The predicted molar refractivity (Wildman–Crippen MR) is 67.1 cm³/mol. The molecule has 0 aliphatic rings. The Balaban J connectivity index is 1.91. The van der Waals surface area contributed by atoms with Gasteiger partial charge < -0.3 is 10.5 Å². The number of benzene rings is 1. The van der Waals surface area contributed by atoms with E-state index < -0.39 is 11.9 Å². The normalized spacial score (nSPS) is 11.6. The largest absolute Gasteiger partial charge is 0.491 e. The van der Waals surface area contributed by atoms with Crippen LogP contribution in [0.1, 0.15) is 11.3 Å². The summed E-state index contributed by atoms with van der Waals surface area (Å²) in [5.74, 6) is 0.637. The molecular formula is C13H14F3N3O. The standard InChI is InChI=1S/C13H14F3N3O/c14-13(15,16)12-5-6-19(18-12)7-8-20-11-4-2-1-3-10(11)9-17/h1-6H,7-9,17H2. The highest BCUT2D eigenvalue weighted by molar-refractivity contribution is 5.32. The van der Waals surface area contributed by atoms with Crippen molar-refractivity contribution < 1.29 is 17.9 Å². The van der Waals surface area contributed by atoms with Crippen LogP contribution >= 0.6 is 0 Å². The number of rotatable bonds is 5. The summed E-state index contributed by atoms with van der Waals surface area (Å²) in [5, 5.41) is 3.44. The number of hydrogen-bond acceptors (Lipinski definition) is 3. The van der Waals surface area contributed by atoms with Gasteiger partial charge in [-0.05, 0) is 12.1 Å². The van der Waals surface area contributed by atoms with E-state index in [1.807, 2.05) is 18.2 Å². The van der Waals surface area contributed by atoms with Crippen molar-refractivity contribution in [2.75, 3.05) is 6.61 Å². The van der Waals surface area contributed by atoms with Gasteiger partial charge in [-0.15, -0.1) is 0 Å². The third-order valence-corrected chi connectivity index (χ3v) is 2.70. The number of nitrogens with zero attached hydrogens (tertiary/aromatic N) is 2. The SMILES string of the molecule is NCc1ccccc1OCCn1ccc(C(F)(F)F)n1. The predicted octanol–water partition coefficient (Wildman–Crippen LogP) is 2.44. The molecule has 0 unspecified atom stereocenters. The molecule has 0 saturated heterocycles. The van der Waals surface area contributed by atoms with Gasteiger partial charge in [0.25, 0.3) is 0 Å². The number of alkyl halides is 3. The lowest BCUT2D eigenvalue weighted by Crippen LogP contribution is -2.12. The van der Waals surface area contributed by atoms with Crippen LogP contribution in [0.5, 0.6) is 5.75 Å². The molecule has 7 heteroatoms. The third kappa shape index (κ3) is 3.51. The molecule has 1 aromatic heterocycles. The number of para-hydroxylation sites is 1. The molecule has 1 aromatic carbocycles. The van der Waals surface area contributed by atoms with Gasteiger partial charge in [0.15, 0.2) is 5.69 Å². The minimum atomic E-state index is -4.42. The number of ether oxygens (including phenoxy) is 1. The molecule has 0 radical (unpaired) electrons. The summed E-state index contributed by atoms with van der Waals surface area (Å²) in [6.45, 7) is 0.793. The Labute approximate surface area is 114 Å². The second kappa shape index (κ2) is 5.96. The molecule has 20 heavy (non-hydrogen) atoms. The molecule has 0 spiro atoms. The highest BCUT2D eigenvalue weighted by atomic mass is 19.4. The van der Waals surface area contributed by atoms with Gasteiger partial charge in [0, 0.05) is 18.3 Å². The molecule has 2 N–H and O–H groups in total. The molecule has 2 aromatic rings. The molecule has 0 bridgehead atoms. The highest BCUT2D eigenvalue weighted by Crippen LogP contribution is 2.27. The first kappa shape index (κ1) is 14.4. The van der Waals surface area contributed by atoms with E-state index in [1.54, 1.807) is 6.07 Å². The summed E-state index contributed by atoms with van der Waals surface area (Å²) in [6, 6.07) is 8.20. The Bertz CT molecular complexity index is 566. The number of hydrogen-bond donors (Lipinski definition) is 1. The fourth-order valence-corrected chi connectivity index (χ4v) is 1.70. The minimum absolute atomic E-state index is 0.218. The van der Waals surface area contributed by atoms with Gasteiger partial charge in [-0.2, -0.15) is 18.3 Å². The van der Waals surface area contributed by atoms with E-state index in [0.717, 1.165) is 11.6 Å². The van der Waals surface area contributed by atoms with Gasteiger partial charge in [0.05, 0.1) is 6.54 Å². The van der Waals surface area contributed by atoms with E-state index in [4.69, 9.17) is 10.5 Å². The van der Waals surface area contributed by atoms with Gasteiger partial charge in [0.1, 0.15) is 12.4 Å². The van der Waals surface area contributed by atoms with Crippen molar-refractivity contribution in [1.29, 1.82) is 0 Å². The molecule has 1 heterocycles. The zero-order valence-electron chi connectivity index (χ0n) is 10.6. The van der Waals surface area contributed by atoms with Gasteiger partial charge in [0.2, 0.25) is 0 Å². The summed E-state index contributed by atoms with van der Waals surface area (Å²) < 4.78 is 43.8. The topological polar surface area (TPSA) is 53.1 Å². The molecule has 0 saturated carbocycles. The van der Waals surface area contributed by atoms with E-state index in [0.29, 0.717) is 12.3 Å². The molecular weight excluding hydrogens is 271 g/mol. The fourth-order valence-electron chi connectivity index (χ4n) is 1.70. The highest BCUT2D eigenvalue weighted by Gasteiger charge is 2.33. The van der Waals surface area contributed by atoms with Crippen molar-refractivity contribution in [2.24, 2.45) is 5.73 Å². The monoisotopic (exact) mass is 285 g/mol.